The highest BCUT2D eigenvalue weighted by Gasteiger charge is 2.41. The van der Waals surface area contributed by atoms with Crippen molar-refractivity contribution < 1.29 is 19.4 Å². The Hall–Kier alpha value is -2.14. The molecule has 0 radical (unpaired) electrons. The fourth-order valence-electron chi connectivity index (χ4n) is 2.55. The van der Waals surface area contributed by atoms with Gasteiger partial charge in [0.15, 0.2) is 0 Å². The van der Waals surface area contributed by atoms with Gasteiger partial charge in [-0.25, -0.2) is 9.69 Å². The molecule has 0 aromatic heterocycles. The zero-order chi connectivity index (χ0) is 16.3. The highest BCUT2D eigenvalue weighted by molar-refractivity contribution is 5.95. The number of carbonyl (C=O) groups is 2. The van der Waals surface area contributed by atoms with E-state index in [0.29, 0.717) is 12.0 Å². The third kappa shape index (κ3) is 3.36. The minimum atomic E-state index is -0.974. The highest BCUT2D eigenvalue weighted by atomic mass is 16.6. The van der Waals surface area contributed by atoms with Gasteiger partial charge >= 0.3 is 6.09 Å². The van der Waals surface area contributed by atoms with Crippen LogP contribution in [0.2, 0.25) is 0 Å². The average Bonchev–Trinajstić information content (AvgIpc) is 2.86. The van der Waals surface area contributed by atoms with E-state index >= 15 is 0 Å². The van der Waals surface area contributed by atoms with Gasteiger partial charge in [0.25, 0.3) is 0 Å². The van der Waals surface area contributed by atoms with E-state index in [1.807, 2.05) is 30.3 Å². The van der Waals surface area contributed by atoms with Crippen LogP contribution in [0.25, 0.3) is 0 Å². The first-order chi connectivity index (χ1) is 10.4. The van der Waals surface area contributed by atoms with E-state index in [2.05, 4.69) is 6.58 Å². The molecule has 1 aromatic rings. The summed E-state index contributed by atoms with van der Waals surface area (Å²) in [5.74, 6) is -1.17. The molecular formula is C17H21NO4. The largest absolute Gasteiger partial charge is 0.447 e. The number of amides is 2. The Kier molecular flexibility index (Phi) is 4.98. The number of aliphatic hydroxyl groups excluding tert-OH is 1. The van der Waals surface area contributed by atoms with E-state index in [1.165, 1.54) is 0 Å². The molecule has 0 saturated carbocycles. The number of aliphatic hydroxyl groups is 1. The van der Waals surface area contributed by atoms with Gasteiger partial charge in [0.1, 0.15) is 6.61 Å². The van der Waals surface area contributed by atoms with Crippen LogP contribution in [-0.2, 0) is 16.0 Å². The molecule has 22 heavy (non-hydrogen) atoms. The van der Waals surface area contributed by atoms with Crippen molar-refractivity contribution in [3.8, 4) is 0 Å². The predicted molar refractivity (Wildman–Crippen MR) is 82.1 cm³/mol. The summed E-state index contributed by atoms with van der Waals surface area (Å²) in [4.78, 5) is 25.5. The molecule has 1 N–H and O–H groups in total. The second-order valence-corrected chi connectivity index (χ2v) is 5.71. The topological polar surface area (TPSA) is 66.8 Å². The molecule has 2 amide bonds. The summed E-state index contributed by atoms with van der Waals surface area (Å²) in [6, 6.07) is 9.27. The van der Waals surface area contributed by atoms with E-state index in [9.17, 15) is 14.7 Å². The molecular weight excluding hydrogens is 282 g/mol. The maximum atomic E-state index is 12.5. The van der Waals surface area contributed by atoms with Crippen LogP contribution in [-0.4, -0.2) is 40.8 Å². The number of imide groups is 1. The second kappa shape index (κ2) is 6.75. The van der Waals surface area contributed by atoms with Crippen molar-refractivity contribution in [1.82, 2.24) is 4.90 Å². The van der Waals surface area contributed by atoms with Gasteiger partial charge in [-0.1, -0.05) is 49.4 Å². The smallest absolute Gasteiger partial charge is 0.416 e. The van der Waals surface area contributed by atoms with Crippen molar-refractivity contribution in [3.05, 3.63) is 48.0 Å². The lowest BCUT2D eigenvalue weighted by atomic mass is 9.97. The molecule has 2 rings (SSSR count). The van der Waals surface area contributed by atoms with Crippen LogP contribution < -0.4 is 0 Å². The first-order valence-corrected chi connectivity index (χ1v) is 7.29. The molecule has 1 heterocycles. The minimum Gasteiger partial charge on any atom is -0.447 e. The van der Waals surface area contributed by atoms with Gasteiger partial charge in [0, 0.05) is 0 Å². The molecule has 0 bridgehead atoms. The zero-order valence-electron chi connectivity index (χ0n) is 12.9. The summed E-state index contributed by atoms with van der Waals surface area (Å²) >= 11 is 0. The van der Waals surface area contributed by atoms with Gasteiger partial charge in [-0.2, -0.15) is 0 Å². The normalized spacial score (nSPS) is 20.4. The molecule has 5 nitrogen and oxygen atoms in total. The Morgan fingerprint density at radius 2 is 2.09 bits per heavy atom. The molecule has 1 saturated heterocycles. The summed E-state index contributed by atoms with van der Waals surface area (Å²) in [7, 11) is 0. The third-order valence-electron chi connectivity index (χ3n) is 3.88. The van der Waals surface area contributed by atoms with Crippen molar-refractivity contribution in [2.45, 2.75) is 32.4 Å². The van der Waals surface area contributed by atoms with E-state index in [4.69, 9.17) is 4.74 Å². The first kappa shape index (κ1) is 16.2. The van der Waals surface area contributed by atoms with Crippen LogP contribution in [0, 0.1) is 5.92 Å². The highest BCUT2D eigenvalue weighted by Crippen LogP contribution is 2.22. The van der Waals surface area contributed by atoms with E-state index in [-0.39, 0.29) is 12.6 Å². The Morgan fingerprint density at radius 1 is 1.45 bits per heavy atom. The number of benzene rings is 1. The summed E-state index contributed by atoms with van der Waals surface area (Å²) in [5.41, 5.74) is 1.52. The van der Waals surface area contributed by atoms with Gasteiger partial charge in [-0.3, -0.25) is 4.79 Å². The molecule has 5 heteroatoms. The van der Waals surface area contributed by atoms with Gasteiger partial charge in [0.05, 0.1) is 18.1 Å². The Balaban J connectivity index is 2.14. The van der Waals surface area contributed by atoms with Crippen molar-refractivity contribution in [1.29, 1.82) is 0 Å². The molecule has 1 aliphatic rings. The van der Waals surface area contributed by atoms with Crippen LogP contribution in [0.15, 0.2) is 42.5 Å². The maximum absolute atomic E-state index is 12.5. The lowest BCUT2D eigenvalue weighted by Crippen LogP contribution is -2.45. The maximum Gasteiger partial charge on any atom is 0.416 e. The van der Waals surface area contributed by atoms with Crippen LogP contribution in [0.4, 0.5) is 4.79 Å². The number of hydrogen-bond donors (Lipinski definition) is 1. The molecule has 0 unspecified atom stereocenters. The summed E-state index contributed by atoms with van der Waals surface area (Å²) in [6.07, 6.45) is -1.08. The second-order valence-electron chi connectivity index (χ2n) is 5.71. The number of rotatable bonds is 5. The SMILES string of the molecule is C=C(C)[C@H](O)[C@H](C)C(=O)N1C(=O)OC[C@H]1Cc1ccccc1. The van der Waals surface area contributed by atoms with Crippen LogP contribution in [0.5, 0.6) is 0 Å². The van der Waals surface area contributed by atoms with Crippen LogP contribution in [0.3, 0.4) is 0 Å². The van der Waals surface area contributed by atoms with Crippen molar-refractivity contribution >= 4 is 12.0 Å². The number of hydrogen-bond acceptors (Lipinski definition) is 4. The molecule has 118 valence electrons. The summed E-state index contributed by atoms with van der Waals surface area (Å²) < 4.78 is 5.02. The molecule has 0 spiro atoms. The van der Waals surface area contributed by atoms with Gasteiger partial charge < -0.3 is 9.84 Å². The van der Waals surface area contributed by atoms with Gasteiger partial charge in [-0.15, -0.1) is 0 Å². The lowest BCUT2D eigenvalue weighted by Gasteiger charge is -2.25. The molecule has 1 aliphatic heterocycles. The molecule has 0 aliphatic carbocycles. The van der Waals surface area contributed by atoms with Crippen LogP contribution >= 0.6 is 0 Å². The van der Waals surface area contributed by atoms with E-state index in [0.717, 1.165) is 10.5 Å². The molecule has 1 fully saturated rings. The third-order valence-corrected chi connectivity index (χ3v) is 3.88. The van der Waals surface area contributed by atoms with Crippen molar-refractivity contribution in [2.24, 2.45) is 5.92 Å². The van der Waals surface area contributed by atoms with E-state index in [1.54, 1.807) is 13.8 Å². The summed E-state index contributed by atoms with van der Waals surface area (Å²) in [5, 5.41) is 9.99. The fraction of sp³-hybridized carbons (Fsp3) is 0.412. The Bertz CT molecular complexity index is 569. The molecule has 3 atom stereocenters. The quantitative estimate of drug-likeness (QED) is 0.846. The number of ether oxygens (including phenoxy) is 1. The average molecular weight is 303 g/mol. The number of cyclic esters (lactones) is 1. The first-order valence-electron chi connectivity index (χ1n) is 7.29. The van der Waals surface area contributed by atoms with Crippen molar-refractivity contribution in [2.75, 3.05) is 6.61 Å². The van der Waals surface area contributed by atoms with Crippen molar-refractivity contribution in [3.63, 3.8) is 0 Å². The Labute approximate surface area is 130 Å². The number of carbonyl (C=O) groups excluding carboxylic acids is 2. The predicted octanol–water partition coefficient (Wildman–Crippen LogP) is 2.15. The van der Waals surface area contributed by atoms with Crippen LogP contribution in [0.1, 0.15) is 19.4 Å². The Morgan fingerprint density at radius 3 is 2.68 bits per heavy atom. The minimum absolute atomic E-state index is 0.176. The van der Waals surface area contributed by atoms with Gasteiger partial charge in [-0.05, 0) is 18.9 Å². The fourth-order valence-corrected chi connectivity index (χ4v) is 2.55. The zero-order valence-corrected chi connectivity index (χ0v) is 12.9. The van der Waals surface area contributed by atoms with Gasteiger partial charge in [0.2, 0.25) is 5.91 Å². The lowest BCUT2D eigenvalue weighted by molar-refractivity contribution is -0.135. The monoisotopic (exact) mass is 303 g/mol. The molecule has 1 aromatic carbocycles. The standard InChI is InChI=1S/C17H21NO4/c1-11(2)15(19)12(3)16(20)18-14(10-22-17(18)21)9-13-7-5-4-6-8-13/h4-8,12,14-15,19H,1,9-10H2,2-3H3/t12-,14+,15-/m0/s1. The number of nitrogens with zero attached hydrogens (tertiary/aromatic N) is 1. The summed E-state index contributed by atoms with van der Waals surface area (Å²) in [6.45, 7) is 7.07. The van der Waals surface area contributed by atoms with E-state index < -0.39 is 24.0 Å².